The van der Waals surface area contributed by atoms with Gasteiger partial charge in [-0.25, -0.2) is 0 Å². The number of rotatable bonds is 5. The molecular weight excluding hydrogens is 397 g/mol. The summed E-state index contributed by atoms with van der Waals surface area (Å²) in [7, 11) is 1.34. The Morgan fingerprint density at radius 2 is 2.00 bits per heavy atom. The molecule has 19 heavy (non-hydrogen) atoms. The number of alkyl halides is 4. The number of hydrogen-bond donors (Lipinski definition) is 0. The van der Waals surface area contributed by atoms with Crippen molar-refractivity contribution in [2.45, 2.75) is 10.7 Å². The number of hydrogen-bond acceptors (Lipinski definition) is 3. The van der Waals surface area contributed by atoms with E-state index < -0.39 is 16.4 Å². The number of benzene rings is 1. The molecule has 0 aliphatic carbocycles. The highest BCUT2D eigenvalue weighted by Gasteiger charge is 2.37. The molecule has 106 valence electrons. The van der Waals surface area contributed by atoms with E-state index in [4.69, 9.17) is 4.74 Å². The Kier molecular flexibility index (Phi) is 5.40. The zero-order valence-corrected chi connectivity index (χ0v) is 12.8. The van der Waals surface area contributed by atoms with E-state index in [0.717, 1.165) is 6.07 Å². The van der Waals surface area contributed by atoms with Crippen molar-refractivity contribution in [2.75, 3.05) is 13.7 Å². The fourth-order valence-electron chi connectivity index (χ4n) is 1.43. The molecule has 8 heteroatoms. The fraction of sp³-hybridized carbons (Fsp3) is 0.364. The van der Waals surface area contributed by atoms with Crippen LogP contribution in [0.2, 0.25) is 0 Å². The second kappa shape index (κ2) is 6.23. The fourth-order valence-corrected chi connectivity index (χ4v) is 2.33. The summed E-state index contributed by atoms with van der Waals surface area (Å²) in [5.74, 6) is -0.470. The summed E-state index contributed by atoms with van der Waals surface area (Å²) in [6, 6.07) is 4.00. The average Bonchev–Trinajstić information content (AvgIpc) is 2.27. The van der Waals surface area contributed by atoms with E-state index in [2.05, 4.69) is 36.6 Å². The maximum Gasteiger partial charge on any atom is 0.573 e. The molecule has 0 saturated carbocycles. The third kappa shape index (κ3) is 4.47. The van der Waals surface area contributed by atoms with Crippen LogP contribution in [0.1, 0.15) is 5.56 Å². The normalized spacial score (nSPS) is 14.8. The van der Waals surface area contributed by atoms with Crippen molar-refractivity contribution >= 4 is 38.1 Å². The summed E-state index contributed by atoms with van der Waals surface area (Å²) in [5.41, 5.74) is 0.0323. The molecule has 3 nitrogen and oxygen atoms in total. The lowest BCUT2D eigenvalue weighted by Gasteiger charge is -2.24. The van der Waals surface area contributed by atoms with E-state index in [9.17, 15) is 18.0 Å². The van der Waals surface area contributed by atoms with Gasteiger partial charge in [0.25, 0.3) is 0 Å². The molecule has 0 fully saturated rings. The van der Waals surface area contributed by atoms with Crippen LogP contribution >= 0.6 is 31.9 Å². The summed E-state index contributed by atoms with van der Waals surface area (Å²) in [5, 5.41) is 0. The summed E-state index contributed by atoms with van der Waals surface area (Å²) < 4.78 is 44.8. The molecule has 0 saturated heterocycles. The monoisotopic (exact) mass is 404 g/mol. The molecule has 0 bridgehead atoms. The van der Waals surface area contributed by atoms with Crippen LogP contribution in [0.25, 0.3) is 0 Å². The van der Waals surface area contributed by atoms with Gasteiger partial charge in [0.05, 0.1) is 6.61 Å². The van der Waals surface area contributed by atoms with E-state index in [-0.39, 0.29) is 12.2 Å². The maximum absolute atomic E-state index is 12.4. The Hall–Kier alpha value is -0.600. The Morgan fingerprint density at radius 1 is 1.37 bits per heavy atom. The summed E-state index contributed by atoms with van der Waals surface area (Å²) in [6.07, 6.45) is -4.39. The van der Waals surface area contributed by atoms with Crippen LogP contribution in [0.4, 0.5) is 13.2 Å². The van der Waals surface area contributed by atoms with Gasteiger partial charge in [0.2, 0.25) is 0 Å². The van der Waals surface area contributed by atoms with Gasteiger partial charge < -0.3 is 14.3 Å². The summed E-state index contributed by atoms with van der Waals surface area (Å²) in [4.78, 5) is 11.1. The number of aldehydes is 1. The average molecular weight is 406 g/mol. The van der Waals surface area contributed by atoms with Crippen molar-refractivity contribution in [1.82, 2.24) is 0 Å². The predicted octanol–water partition coefficient (Wildman–Crippen LogP) is 3.78. The first-order valence-electron chi connectivity index (χ1n) is 4.92. The molecule has 0 amide bonds. The number of halogens is 5. The number of ether oxygens (including phenoxy) is 2. The highest BCUT2D eigenvalue weighted by atomic mass is 79.9. The Balaban J connectivity index is 3.29. The van der Waals surface area contributed by atoms with Crippen molar-refractivity contribution in [2.24, 2.45) is 0 Å². The van der Waals surface area contributed by atoms with Crippen molar-refractivity contribution in [1.29, 1.82) is 0 Å². The SMILES string of the molecule is COCC(Br)(C=O)c1ccc(Br)cc1OC(F)(F)F. The topological polar surface area (TPSA) is 35.5 Å². The van der Waals surface area contributed by atoms with Gasteiger partial charge in [0, 0.05) is 17.1 Å². The summed E-state index contributed by atoms with van der Waals surface area (Å²) >= 11 is 6.13. The molecular formula is C11H9Br2F3O3. The molecule has 0 aliphatic rings. The molecule has 1 atom stereocenters. The second-order valence-corrected chi connectivity index (χ2v) is 5.93. The molecule has 0 heterocycles. The van der Waals surface area contributed by atoms with Gasteiger partial charge in [0.15, 0.2) is 0 Å². The second-order valence-electron chi connectivity index (χ2n) is 3.60. The third-order valence-electron chi connectivity index (χ3n) is 2.16. The van der Waals surface area contributed by atoms with Crippen LogP contribution in [0, 0.1) is 0 Å². The van der Waals surface area contributed by atoms with Crippen molar-refractivity contribution < 1.29 is 27.4 Å². The van der Waals surface area contributed by atoms with E-state index in [1.54, 1.807) is 0 Å². The lowest BCUT2D eigenvalue weighted by atomic mass is 10.0. The molecule has 0 N–H and O–H groups in total. The Labute approximate surface area is 124 Å². The quantitative estimate of drug-likeness (QED) is 0.552. The first-order valence-corrected chi connectivity index (χ1v) is 6.50. The van der Waals surface area contributed by atoms with Crippen LogP contribution in [0.15, 0.2) is 22.7 Å². The Bertz CT molecular complexity index is 465. The lowest BCUT2D eigenvalue weighted by molar-refractivity contribution is -0.275. The van der Waals surface area contributed by atoms with E-state index in [0.29, 0.717) is 10.8 Å². The zero-order chi connectivity index (χ0) is 14.7. The van der Waals surface area contributed by atoms with E-state index >= 15 is 0 Å². The van der Waals surface area contributed by atoms with Gasteiger partial charge in [-0.2, -0.15) is 0 Å². The zero-order valence-electron chi connectivity index (χ0n) is 9.63. The first-order chi connectivity index (χ1) is 8.72. The molecule has 1 aromatic rings. The molecule has 1 unspecified atom stereocenters. The van der Waals surface area contributed by atoms with Crippen LogP contribution < -0.4 is 4.74 Å². The molecule has 0 spiro atoms. The van der Waals surface area contributed by atoms with Gasteiger partial charge in [0.1, 0.15) is 16.4 Å². The van der Waals surface area contributed by atoms with Crippen molar-refractivity contribution in [3.05, 3.63) is 28.2 Å². The molecule has 1 aromatic carbocycles. The van der Waals surface area contributed by atoms with E-state index in [1.807, 2.05) is 0 Å². The highest BCUT2D eigenvalue weighted by Crippen LogP contribution is 2.39. The van der Waals surface area contributed by atoms with Gasteiger partial charge in [-0.15, -0.1) is 13.2 Å². The Morgan fingerprint density at radius 3 is 2.47 bits per heavy atom. The maximum atomic E-state index is 12.4. The van der Waals surface area contributed by atoms with Gasteiger partial charge in [-0.05, 0) is 12.1 Å². The molecule has 0 aliphatic heterocycles. The minimum Gasteiger partial charge on any atom is -0.405 e. The van der Waals surface area contributed by atoms with Crippen LogP contribution in [0.3, 0.4) is 0 Å². The third-order valence-corrected chi connectivity index (χ3v) is 3.49. The van der Waals surface area contributed by atoms with Gasteiger partial charge in [-0.3, -0.25) is 0 Å². The molecule has 0 radical (unpaired) electrons. The minimum atomic E-state index is -4.85. The first kappa shape index (κ1) is 16.5. The number of carbonyl (C=O) groups is 1. The van der Waals surface area contributed by atoms with Gasteiger partial charge in [-0.1, -0.05) is 37.9 Å². The molecule has 1 rings (SSSR count). The van der Waals surface area contributed by atoms with Crippen LogP contribution in [-0.2, 0) is 13.9 Å². The largest absolute Gasteiger partial charge is 0.573 e. The van der Waals surface area contributed by atoms with Crippen molar-refractivity contribution in [3.63, 3.8) is 0 Å². The van der Waals surface area contributed by atoms with Crippen LogP contribution in [0.5, 0.6) is 5.75 Å². The standard InChI is InChI=1S/C11H9Br2F3O3/c1-18-6-10(13,5-17)8-3-2-7(12)4-9(8)19-11(14,15)16/h2-5H,6H2,1H3. The summed E-state index contributed by atoms with van der Waals surface area (Å²) in [6.45, 7) is -0.133. The minimum absolute atomic E-state index is 0.0323. The molecule has 0 aromatic heterocycles. The van der Waals surface area contributed by atoms with Crippen LogP contribution in [-0.4, -0.2) is 26.4 Å². The number of carbonyl (C=O) groups excluding carboxylic acids is 1. The smallest absolute Gasteiger partial charge is 0.405 e. The van der Waals surface area contributed by atoms with Crippen molar-refractivity contribution in [3.8, 4) is 5.75 Å². The number of methoxy groups -OCH3 is 1. The predicted molar refractivity (Wildman–Crippen MR) is 69.4 cm³/mol. The lowest BCUT2D eigenvalue weighted by Crippen LogP contribution is -2.28. The highest BCUT2D eigenvalue weighted by molar-refractivity contribution is 9.10. The van der Waals surface area contributed by atoms with E-state index in [1.165, 1.54) is 19.2 Å². The van der Waals surface area contributed by atoms with Gasteiger partial charge >= 0.3 is 6.36 Å².